The lowest BCUT2D eigenvalue weighted by Gasteiger charge is -2.41. The van der Waals surface area contributed by atoms with Gasteiger partial charge in [-0.3, -0.25) is 9.69 Å². The van der Waals surface area contributed by atoms with E-state index in [4.69, 9.17) is 4.74 Å². The number of benzene rings is 1. The highest BCUT2D eigenvalue weighted by Crippen LogP contribution is 2.32. The molecule has 0 radical (unpaired) electrons. The van der Waals surface area contributed by atoms with Crippen LogP contribution in [0.25, 0.3) is 0 Å². The van der Waals surface area contributed by atoms with Crippen molar-refractivity contribution in [1.82, 2.24) is 0 Å². The number of nitrogens with zero attached hydrogens (tertiary/aromatic N) is 1. The van der Waals surface area contributed by atoms with E-state index in [-0.39, 0.29) is 18.6 Å². The second kappa shape index (κ2) is 4.59. The zero-order valence-corrected chi connectivity index (χ0v) is 9.88. The van der Waals surface area contributed by atoms with Gasteiger partial charge in [0.1, 0.15) is 5.75 Å². The van der Waals surface area contributed by atoms with Crippen molar-refractivity contribution in [3.05, 3.63) is 35.9 Å². The molecule has 1 fully saturated rings. The van der Waals surface area contributed by atoms with E-state index in [0.717, 1.165) is 11.4 Å². The topological polar surface area (TPSA) is 49.8 Å². The van der Waals surface area contributed by atoms with Gasteiger partial charge in [0.05, 0.1) is 19.8 Å². The number of ether oxygens (including phenoxy) is 1. The fourth-order valence-electron chi connectivity index (χ4n) is 2.03. The maximum Gasteiger partial charge on any atom is 0.256 e. The number of methoxy groups -OCH3 is 1. The highest BCUT2D eigenvalue weighted by atomic mass is 16.5. The van der Waals surface area contributed by atoms with Crippen LogP contribution in [0.15, 0.2) is 35.9 Å². The van der Waals surface area contributed by atoms with Gasteiger partial charge in [-0.2, -0.15) is 0 Å². The monoisotopic (exact) mass is 233 g/mol. The van der Waals surface area contributed by atoms with Crippen molar-refractivity contribution in [3.8, 4) is 5.75 Å². The molecule has 1 aliphatic rings. The van der Waals surface area contributed by atoms with E-state index < -0.39 is 0 Å². The molecule has 1 N–H and O–H groups in total. The number of hydrogen-bond acceptors (Lipinski definition) is 3. The minimum atomic E-state index is -0.221. The van der Waals surface area contributed by atoms with Crippen molar-refractivity contribution in [3.63, 3.8) is 0 Å². The van der Waals surface area contributed by atoms with Gasteiger partial charge in [0.2, 0.25) is 0 Å². The Balaban J connectivity index is 2.25. The average molecular weight is 233 g/mol. The highest BCUT2D eigenvalue weighted by Gasteiger charge is 2.41. The Labute approximate surface area is 100 Å². The molecule has 1 aromatic carbocycles. The number of allylic oxidation sites excluding steroid dienone is 1. The molecule has 1 aliphatic heterocycles. The van der Waals surface area contributed by atoms with Crippen molar-refractivity contribution in [2.24, 2.45) is 0 Å². The summed E-state index contributed by atoms with van der Waals surface area (Å²) in [5, 5.41) is 9.28. The van der Waals surface area contributed by atoms with Crippen LogP contribution in [0.1, 0.15) is 6.92 Å². The third-order valence-electron chi connectivity index (χ3n) is 2.97. The number of β-lactam (4-membered cyclic amide) rings is 1. The molecule has 0 bridgehead atoms. The fourth-order valence-corrected chi connectivity index (χ4v) is 2.03. The molecule has 1 aromatic rings. The Morgan fingerprint density at radius 2 is 2.06 bits per heavy atom. The average Bonchev–Trinajstić information content (AvgIpc) is 2.37. The first-order chi connectivity index (χ1) is 8.22. The number of hydrogen-bond donors (Lipinski definition) is 1. The standard InChI is InChI=1S/C13H15NO3/c1-3-11-12(8-15)14(13(11)16)9-4-6-10(17-2)7-5-9/h3-7,12,15H,8H2,1-2H3/b11-3-. The molecule has 0 aromatic heterocycles. The lowest BCUT2D eigenvalue weighted by Crippen LogP contribution is -2.57. The molecule has 1 heterocycles. The van der Waals surface area contributed by atoms with Crippen LogP contribution < -0.4 is 9.64 Å². The van der Waals surface area contributed by atoms with Gasteiger partial charge in [0.15, 0.2) is 0 Å². The van der Waals surface area contributed by atoms with Gasteiger partial charge in [0.25, 0.3) is 5.91 Å². The minimum Gasteiger partial charge on any atom is -0.497 e. The lowest BCUT2D eigenvalue weighted by molar-refractivity contribution is -0.119. The SMILES string of the molecule is C/C=C1\C(=O)N(c2ccc(OC)cc2)C1CO. The summed E-state index contributed by atoms with van der Waals surface area (Å²) < 4.78 is 5.06. The molecule has 1 amide bonds. The number of carbonyl (C=O) groups excluding carboxylic acids is 1. The second-order valence-corrected chi connectivity index (χ2v) is 3.82. The van der Waals surface area contributed by atoms with E-state index in [2.05, 4.69) is 0 Å². The Morgan fingerprint density at radius 3 is 2.53 bits per heavy atom. The van der Waals surface area contributed by atoms with Crippen LogP contribution in [0.3, 0.4) is 0 Å². The molecule has 4 heteroatoms. The maximum atomic E-state index is 11.8. The molecule has 17 heavy (non-hydrogen) atoms. The number of aliphatic hydroxyl groups excluding tert-OH is 1. The number of rotatable bonds is 3. The molecule has 0 spiro atoms. The van der Waals surface area contributed by atoms with Crippen LogP contribution in [0.5, 0.6) is 5.75 Å². The van der Waals surface area contributed by atoms with Crippen molar-refractivity contribution >= 4 is 11.6 Å². The summed E-state index contributed by atoms with van der Waals surface area (Å²) in [6.45, 7) is 1.75. The predicted octanol–water partition coefficient (Wildman–Crippen LogP) is 1.35. The highest BCUT2D eigenvalue weighted by molar-refractivity contribution is 6.15. The lowest BCUT2D eigenvalue weighted by atomic mass is 9.94. The maximum absolute atomic E-state index is 11.8. The molecule has 4 nitrogen and oxygen atoms in total. The first-order valence-electron chi connectivity index (χ1n) is 5.47. The molecule has 0 saturated carbocycles. The Bertz CT molecular complexity index is 450. The van der Waals surface area contributed by atoms with Gasteiger partial charge >= 0.3 is 0 Å². The Kier molecular flexibility index (Phi) is 3.15. The number of carbonyl (C=O) groups is 1. The molecular weight excluding hydrogens is 218 g/mol. The first-order valence-corrected chi connectivity index (χ1v) is 5.47. The summed E-state index contributed by atoms with van der Waals surface area (Å²) >= 11 is 0. The summed E-state index contributed by atoms with van der Waals surface area (Å²) in [5.74, 6) is 0.699. The molecule has 0 aliphatic carbocycles. The third-order valence-corrected chi connectivity index (χ3v) is 2.97. The van der Waals surface area contributed by atoms with E-state index in [1.807, 2.05) is 12.1 Å². The van der Waals surface area contributed by atoms with E-state index in [0.29, 0.717) is 5.57 Å². The van der Waals surface area contributed by atoms with Gasteiger partial charge in [-0.05, 0) is 31.2 Å². The summed E-state index contributed by atoms with van der Waals surface area (Å²) in [5.41, 5.74) is 1.45. The van der Waals surface area contributed by atoms with Crippen LogP contribution in [-0.2, 0) is 4.79 Å². The molecule has 2 rings (SSSR count). The van der Waals surface area contributed by atoms with Crippen LogP contribution >= 0.6 is 0 Å². The van der Waals surface area contributed by atoms with E-state index in [9.17, 15) is 9.90 Å². The van der Waals surface area contributed by atoms with Crippen LogP contribution in [0.4, 0.5) is 5.69 Å². The number of amides is 1. The van der Waals surface area contributed by atoms with E-state index in [1.165, 1.54) is 0 Å². The van der Waals surface area contributed by atoms with Crippen molar-refractivity contribution in [1.29, 1.82) is 0 Å². The zero-order chi connectivity index (χ0) is 12.4. The summed E-state index contributed by atoms with van der Waals surface area (Å²) in [6.07, 6.45) is 1.75. The Morgan fingerprint density at radius 1 is 1.41 bits per heavy atom. The van der Waals surface area contributed by atoms with E-state index in [1.54, 1.807) is 37.1 Å². The summed E-state index contributed by atoms with van der Waals surface area (Å²) in [7, 11) is 1.60. The van der Waals surface area contributed by atoms with Gasteiger partial charge in [-0.15, -0.1) is 0 Å². The smallest absolute Gasteiger partial charge is 0.256 e. The Hall–Kier alpha value is -1.81. The van der Waals surface area contributed by atoms with Crippen LogP contribution in [0, 0.1) is 0 Å². The third kappa shape index (κ3) is 1.80. The van der Waals surface area contributed by atoms with Gasteiger partial charge in [-0.25, -0.2) is 0 Å². The van der Waals surface area contributed by atoms with Gasteiger partial charge in [-0.1, -0.05) is 6.08 Å². The van der Waals surface area contributed by atoms with Gasteiger partial charge < -0.3 is 9.84 Å². The summed E-state index contributed by atoms with van der Waals surface area (Å²) in [6, 6.07) is 6.99. The quantitative estimate of drug-likeness (QED) is 0.633. The molecule has 1 unspecified atom stereocenters. The first kappa shape index (κ1) is 11.7. The largest absolute Gasteiger partial charge is 0.497 e. The van der Waals surface area contributed by atoms with Crippen molar-refractivity contribution < 1.29 is 14.6 Å². The number of aliphatic hydroxyl groups is 1. The van der Waals surface area contributed by atoms with E-state index >= 15 is 0 Å². The van der Waals surface area contributed by atoms with Crippen molar-refractivity contribution in [2.45, 2.75) is 13.0 Å². The van der Waals surface area contributed by atoms with Crippen LogP contribution in [-0.4, -0.2) is 30.8 Å². The second-order valence-electron chi connectivity index (χ2n) is 3.82. The fraction of sp³-hybridized carbons (Fsp3) is 0.308. The van der Waals surface area contributed by atoms with Crippen molar-refractivity contribution in [2.75, 3.05) is 18.6 Å². The molecule has 1 saturated heterocycles. The minimum absolute atomic E-state index is 0.0447. The number of anilines is 1. The van der Waals surface area contributed by atoms with Crippen LogP contribution in [0.2, 0.25) is 0 Å². The molecule has 1 atom stereocenters. The predicted molar refractivity (Wildman–Crippen MR) is 65.1 cm³/mol. The summed E-state index contributed by atoms with van der Waals surface area (Å²) in [4.78, 5) is 13.4. The molecule has 90 valence electrons. The molecular formula is C13H15NO3. The normalized spacial score (nSPS) is 21.6. The zero-order valence-electron chi connectivity index (χ0n) is 9.88. The van der Waals surface area contributed by atoms with Gasteiger partial charge in [0, 0.05) is 11.3 Å².